The number of carbonyl (C=O) groups is 1. The van der Waals surface area contributed by atoms with Crippen molar-refractivity contribution >= 4 is 22.9 Å². The van der Waals surface area contributed by atoms with Crippen molar-refractivity contribution in [2.24, 2.45) is 5.92 Å². The second-order valence-corrected chi connectivity index (χ2v) is 6.54. The summed E-state index contributed by atoms with van der Waals surface area (Å²) >= 11 is 1.71. The normalized spacial score (nSPS) is 23.9. The maximum absolute atomic E-state index is 11.1. The third kappa shape index (κ3) is 4.32. The van der Waals surface area contributed by atoms with Crippen LogP contribution in [0, 0.1) is 5.92 Å². The zero-order valence-corrected chi connectivity index (χ0v) is 12.7. The quantitative estimate of drug-likeness (QED) is 0.824. The van der Waals surface area contributed by atoms with E-state index in [-0.39, 0.29) is 5.91 Å². The van der Waals surface area contributed by atoms with Crippen LogP contribution < -0.4 is 10.6 Å². The Morgan fingerprint density at radius 3 is 2.95 bits per heavy atom. The minimum Gasteiger partial charge on any atom is -0.325 e. The fourth-order valence-electron chi connectivity index (χ4n) is 2.80. The van der Waals surface area contributed by atoms with E-state index in [1.54, 1.807) is 18.3 Å². The molecule has 0 saturated heterocycles. The number of nitrogens with one attached hydrogen (secondary N) is 2. The Labute approximate surface area is 119 Å². The molecule has 4 heteroatoms. The fourth-order valence-corrected chi connectivity index (χ4v) is 3.58. The third-order valence-electron chi connectivity index (χ3n) is 3.94. The Hall–Kier alpha value is -0.870. The molecule has 1 heterocycles. The summed E-state index contributed by atoms with van der Waals surface area (Å²) < 4.78 is 0. The van der Waals surface area contributed by atoms with Gasteiger partial charge in [-0.05, 0) is 30.2 Å². The number of hydrogen-bond acceptors (Lipinski definition) is 3. The highest BCUT2D eigenvalue weighted by atomic mass is 32.1. The zero-order chi connectivity index (χ0) is 13.7. The molecule has 0 aromatic carbocycles. The van der Waals surface area contributed by atoms with E-state index in [2.05, 4.69) is 17.6 Å². The van der Waals surface area contributed by atoms with E-state index in [0.29, 0.717) is 6.04 Å². The molecule has 2 rings (SSSR count). The number of rotatable bonds is 4. The molecule has 1 aromatic heterocycles. The van der Waals surface area contributed by atoms with Crippen LogP contribution in [0.15, 0.2) is 11.4 Å². The highest BCUT2D eigenvalue weighted by Gasteiger charge is 2.19. The molecule has 1 aromatic rings. The number of anilines is 1. The summed E-state index contributed by atoms with van der Waals surface area (Å²) in [5.41, 5.74) is 0.964. The molecule has 0 radical (unpaired) electrons. The lowest BCUT2D eigenvalue weighted by atomic mass is 9.97. The van der Waals surface area contributed by atoms with E-state index in [4.69, 9.17) is 0 Å². The van der Waals surface area contributed by atoms with Crippen molar-refractivity contribution in [2.45, 2.75) is 58.5 Å². The number of carbonyl (C=O) groups excluding carboxylic acids is 1. The molecule has 1 aliphatic carbocycles. The van der Waals surface area contributed by atoms with Gasteiger partial charge in [0.15, 0.2) is 0 Å². The van der Waals surface area contributed by atoms with E-state index in [9.17, 15) is 4.79 Å². The van der Waals surface area contributed by atoms with Crippen molar-refractivity contribution in [1.29, 1.82) is 0 Å². The summed E-state index contributed by atoms with van der Waals surface area (Å²) in [5, 5.41) is 8.62. The van der Waals surface area contributed by atoms with Crippen molar-refractivity contribution in [3.63, 3.8) is 0 Å². The molecular weight excluding hydrogens is 256 g/mol. The Morgan fingerprint density at radius 2 is 2.16 bits per heavy atom. The Kier molecular flexibility index (Phi) is 5.40. The van der Waals surface area contributed by atoms with Gasteiger partial charge in [0.2, 0.25) is 5.91 Å². The van der Waals surface area contributed by atoms with Gasteiger partial charge in [-0.1, -0.05) is 26.2 Å². The van der Waals surface area contributed by atoms with Gasteiger partial charge in [-0.25, -0.2) is 0 Å². The van der Waals surface area contributed by atoms with E-state index >= 15 is 0 Å². The van der Waals surface area contributed by atoms with Crippen LogP contribution in [0.2, 0.25) is 0 Å². The maximum atomic E-state index is 11.1. The summed E-state index contributed by atoms with van der Waals surface area (Å²) in [7, 11) is 0. The van der Waals surface area contributed by atoms with E-state index in [1.165, 1.54) is 37.0 Å². The first-order valence-electron chi connectivity index (χ1n) is 7.24. The summed E-state index contributed by atoms with van der Waals surface area (Å²) in [4.78, 5) is 12.4. The minimum absolute atomic E-state index is 0.00230. The van der Waals surface area contributed by atoms with Crippen molar-refractivity contribution in [3.8, 4) is 0 Å². The predicted octanol–water partition coefficient (Wildman–Crippen LogP) is 3.76. The first kappa shape index (κ1) is 14.5. The predicted molar refractivity (Wildman–Crippen MR) is 81.5 cm³/mol. The standard InChI is InChI=1S/C15H24N2OS/c1-11-6-4-3-5-7-13(11)16-10-15-14(8-9-19-15)17-12(2)18/h8-9,11,13,16H,3-7,10H2,1-2H3,(H,17,18). The van der Waals surface area contributed by atoms with Gasteiger partial charge in [0, 0.05) is 24.4 Å². The van der Waals surface area contributed by atoms with E-state index < -0.39 is 0 Å². The van der Waals surface area contributed by atoms with Crippen molar-refractivity contribution in [2.75, 3.05) is 5.32 Å². The van der Waals surface area contributed by atoms with Gasteiger partial charge in [0.05, 0.1) is 5.69 Å². The molecule has 106 valence electrons. The maximum Gasteiger partial charge on any atom is 0.221 e. The molecule has 1 fully saturated rings. The second-order valence-electron chi connectivity index (χ2n) is 5.54. The molecule has 0 spiro atoms. The lowest BCUT2D eigenvalue weighted by Crippen LogP contribution is -2.33. The Bertz CT molecular complexity index is 416. The first-order chi connectivity index (χ1) is 9.16. The van der Waals surface area contributed by atoms with Crippen LogP contribution in [-0.4, -0.2) is 11.9 Å². The minimum atomic E-state index is 0.00230. The van der Waals surface area contributed by atoms with Crippen LogP contribution >= 0.6 is 11.3 Å². The van der Waals surface area contributed by atoms with Crippen molar-refractivity contribution in [3.05, 3.63) is 16.3 Å². The van der Waals surface area contributed by atoms with Gasteiger partial charge in [0.1, 0.15) is 0 Å². The molecule has 19 heavy (non-hydrogen) atoms. The molecular formula is C15H24N2OS. The molecule has 2 N–H and O–H groups in total. The van der Waals surface area contributed by atoms with Crippen LogP contribution in [0.5, 0.6) is 0 Å². The monoisotopic (exact) mass is 280 g/mol. The smallest absolute Gasteiger partial charge is 0.221 e. The molecule has 1 saturated carbocycles. The zero-order valence-electron chi connectivity index (χ0n) is 11.9. The van der Waals surface area contributed by atoms with Crippen LogP contribution in [0.3, 0.4) is 0 Å². The van der Waals surface area contributed by atoms with Gasteiger partial charge in [0.25, 0.3) is 0 Å². The van der Waals surface area contributed by atoms with Gasteiger partial charge in [-0.15, -0.1) is 11.3 Å². The van der Waals surface area contributed by atoms with Crippen LogP contribution in [0.1, 0.15) is 50.8 Å². The molecule has 2 atom stereocenters. The van der Waals surface area contributed by atoms with Crippen LogP contribution in [0.4, 0.5) is 5.69 Å². The van der Waals surface area contributed by atoms with Crippen molar-refractivity contribution in [1.82, 2.24) is 5.32 Å². The van der Waals surface area contributed by atoms with Gasteiger partial charge < -0.3 is 10.6 Å². The largest absolute Gasteiger partial charge is 0.325 e. The molecule has 1 aliphatic rings. The number of thiophene rings is 1. The Morgan fingerprint density at radius 1 is 1.37 bits per heavy atom. The third-order valence-corrected chi connectivity index (χ3v) is 4.86. The number of hydrogen-bond donors (Lipinski definition) is 2. The molecule has 0 bridgehead atoms. The summed E-state index contributed by atoms with van der Waals surface area (Å²) in [5.74, 6) is 0.758. The average Bonchev–Trinajstić information content (AvgIpc) is 2.68. The average molecular weight is 280 g/mol. The Balaban J connectivity index is 1.90. The van der Waals surface area contributed by atoms with Gasteiger partial charge in [-0.2, -0.15) is 0 Å². The second kappa shape index (κ2) is 7.06. The van der Waals surface area contributed by atoms with Gasteiger partial charge >= 0.3 is 0 Å². The van der Waals surface area contributed by atoms with Crippen LogP contribution in [-0.2, 0) is 11.3 Å². The van der Waals surface area contributed by atoms with Crippen molar-refractivity contribution < 1.29 is 4.79 Å². The highest BCUT2D eigenvalue weighted by Crippen LogP contribution is 2.26. The van der Waals surface area contributed by atoms with Crippen LogP contribution in [0.25, 0.3) is 0 Å². The van der Waals surface area contributed by atoms with Gasteiger partial charge in [-0.3, -0.25) is 4.79 Å². The summed E-state index contributed by atoms with van der Waals surface area (Å²) in [6, 6.07) is 2.61. The summed E-state index contributed by atoms with van der Waals surface area (Å²) in [6.45, 7) is 4.77. The fraction of sp³-hybridized carbons (Fsp3) is 0.667. The summed E-state index contributed by atoms with van der Waals surface area (Å²) in [6.07, 6.45) is 6.70. The molecule has 3 nitrogen and oxygen atoms in total. The molecule has 2 unspecified atom stereocenters. The lowest BCUT2D eigenvalue weighted by molar-refractivity contribution is -0.114. The SMILES string of the molecule is CC(=O)Nc1ccsc1CNC1CCCCCC1C. The molecule has 0 aliphatic heterocycles. The molecule has 1 amide bonds. The lowest BCUT2D eigenvalue weighted by Gasteiger charge is -2.22. The topological polar surface area (TPSA) is 41.1 Å². The number of amides is 1. The first-order valence-corrected chi connectivity index (χ1v) is 8.12. The van der Waals surface area contributed by atoms with E-state index in [0.717, 1.165) is 18.2 Å². The van der Waals surface area contributed by atoms with E-state index in [1.807, 2.05) is 11.4 Å². The highest BCUT2D eigenvalue weighted by molar-refractivity contribution is 7.10.